The molecule has 1 amide bonds. The lowest BCUT2D eigenvalue weighted by Gasteiger charge is -2.31. The summed E-state index contributed by atoms with van der Waals surface area (Å²) in [6, 6.07) is 1.99. The highest BCUT2D eigenvalue weighted by Crippen LogP contribution is 2.45. The molecule has 5 nitrogen and oxygen atoms in total. The van der Waals surface area contributed by atoms with Crippen molar-refractivity contribution in [1.82, 2.24) is 15.0 Å². The van der Waals surface area contributed by atoms with Gasteiger partial charge in [0.1, 0.15) is 5.82 Å². The zero-order valence-electron chi connectivity index (χ0n) is 18.9. The minimum atomic E-state index is -2.60. The van der Waals surface area contributed by atoms with Crippen molar-refractivity contribution in [3.63, 3.8) is 0 Å². The van der Waals surface area contributed by atoms with Crippen LogP contribution in [-0.2, 0) is 0 Å². The fourth-order valence-corrected chi connectivity index (χ4v) is 4.95. The quantitative estimate of drug-likeness (QED) is 0.567. The number of rotatable bonds is 5. The maximum absolute atomic E-state index is 13.8. The molecule has 2 aliphatic carbocycles. The molecule has 0 aromatic carbocycles. The summed E-state index contributed by atoms with van der Waals surface area (Å²) in [5.41, 5.74) is 2.93. The van der Waals surface area contributed by atoms with E-state index in [2.05, 4.69) is 20.3 Å². The molecule has 1 N–H and O–H groups in total. The maximum atomic E-state index is 13.8. The molecule has 2 fully saturated rings. The number of nitrogens with one attached hydrogen (secondary N) is 1. The summed E-state index contributed by atoms with van der Waals surface area (Å²) in [6.45, 7) is 4.00. The molecular weight excluding hydrogens is 410 g/mol. The van der Waals surface area contributed by atoms with E-state index in [9.17, 15) is 13.6 Å². The third-order valence-electron chi connectivity index (χ3n) is 6.85. The summed E-state index contributed by atoms with van der Waals surface area (Å²) in [7, 11) is 0. The van der Waals surface area contributed by atoms with Crippen LogP contribution in [0.15, 0.2) is 24.7 Å². The summed E-state index contributed by atoms with van der Waals surface area (Å²) in [5.74, 6) is -1.74. The van der Waals surface area contributed by atoms with Gasteiger partial charge in [-0.1, -0.05) is 33.1 Å². The summed E-state index contributed by atoms with van der Waals surface area (Å²) in [4.78, 5) is 26.3. The highest BCUT2D eigenvalue weighted by molar-refractivity contribution is 6.04. The van der Waals surface area contributed by atoms with Crippen LogP contribution in [0.5, 0.6) is 0 Å². The van der Waals surface area contributed by atoms with E-state index in [0.29, 0.717) is 35.8 Å². The number of amides is 1. The van der Waals surface area contributed by atoms with Crippen molar-refractivity contribution in [2.75, 3.05) is 5.32 Å². The molecule has 0 atom stereocenters. The Kier molecular flexibility index (Phi) is 6.82. The van der Waals surface area contributed by atoms with E-state index in [0.717, 1.165) is 36.9 Å². The number of carbonyl (C=O) groups is 1. The second-order valence-corrected chi connectivity index (χ2v) is 9.56. The monoisotopic (exact) mass is 442 g/mol. The number of halogens is 2. The largest absolute Gasteiger partial charge is 0.320 e. The Labute approximate surface area is 188 Å². The molecule has 2 aromatic rings. The van der Waals surface area contributed by atoms with Gasteiger partial charge in [-0.25, -0.2) is 18.7 Å². The fraction of sp³-hybridized carbons (Fsp3) is 0.600. The van der Waals surface area contributed by atoms with E-state index in [1.54, 1.807) is 18.6 Å². The van der Waals surface area contributed by atoms with Crippen LogP contribution < -0.4 is 5.32 Å². The van der Waals surface area contributed by atoms with E-state index in [4.69, 9.17) is 0 Å². The van der Waals surface area contributed by atoms with Gasteiger partial charge in [-0.3, -0.25) is 9.78 Å². The lowest BCUT2D eigenvalue weighted by Crippen LogP contribution is -2.26. The fourth-order valence-electron chi connectivity index (χ4n) is 4.95. The summed E-state index contributed by atoms with van der Waals surface area (Å²) in [6.07, 6.45) is 11.1. The lowest BCUT2D eigenvalue weighted by atomic mass is 9.80. The number of hydrogen-bond donors (Lipinski definition) is 1. The zero-order valence-corrected chi connectivity index (χ0v) is 18.9. The van der Waals surface area contributed by atoms with E-state index < -0.39 is 5.92 Å². The molecule has 0 bridgehead atoms. The number of alkyl halides is 2. The smallest absolute Gasteiger partial charge is 0.258 e. The summed E-state index contributed by atoms with van der Waals surface area (Å²) >= 11 is 0. The first-order valence-electron chi connectivity index (χ1n) is 11.8. The van der Waals surface area contributed by atoms with Crippen molar-refractivity contribution >= 4 is 11.6 Å². The molecule has 0 radical (unpaired) electrons. The Bertz CT molecular complexity index is 929. The van der Waals surface area contributed by atoms with Gasteiger partial charge in [-0.05, 0) is 43.2 Å². The number of aromatic nitrogens is 3. The third kappa shape index (κ3) is 5.13. The van der Waals surface area contributed by atoms with Crippen LogP contribution in [0.25, 0.3) is 0 Å². The Morgan fingerprint density at radius 3 is 2.28 bits per heavy atom. The minimum Gasteiger partial charge on any atom is -0.320 e. The summed E-state index contributed by atoms with van der Waals surface area (Å²) < 4.78 is 27.6. The molecule has 4 rings (SSSR count). The first-order chi connectivity index (χ1) is 15.3. The van der Waals surface area contributed by atoms with Gasteiger partial charge in [0, 0.05) is 43.3 Å². The molecule has 0 spiro atoms. The molecule has 2 aromatic heterocycles. The van der Waals surface area contributed by atoms with Crippen LogP contribution in [0, 0.1) is 0 Å². The number of pyridine rings is 1. The second kappa shape index (κ2) is 9.59. The average molecular weight is 443 g/mol. The Balaban J connectivity index is 1.65. The topological polar surface area (TPSA) is 67.8 Å². The molecule has 0 aliphatic heterocycles. The van der Waals surface area contributed by atoms with Gasteiger partial charge in [0.2, 0.25) is 5.92 Å². The molecule has 172 valence electrons. The van der Waals surface area contributed by atoms with Gasteiger partial charge in [0.25, 0.3) is 5.91 Å². The Hall–Kier alpha value is -2.44. The molecule has 2 heterocycles. The molecule has 2 saturated carbocycles. The van der Waals surface area contributed by atoms with Crippen molar-refractivity contribution in [2.45, 2.75) is 95.3 Å². The van der Waals surface area contributed by atoms with Gasteiger partial charge < -0.3 is 5.32 Å². The second-order valence-electron chi connectivity index (χ2n) is 9.56. The number of hydrogen-bond acceptors (Lipinski definition) is 4. The van der Waals surface area contributed by atoms with Gasteiger partial charge in [0.15, 0.2) is 0 Å². The minimum absolute atomic E-state index is 0.0759. The first kappa shape index (κ1) is 22.7. The average Bonchev–Trinajstić information content (AvgIpc) is 2.80. The predicted octanol–water partition coefficient (Wildman–Crippen LogP) is 6.59. The highest BCUT2D eigenvalue weighted by Gasteiger charge is 2.37. The SMILES string of the molecule is CC(C)c1ncc(C(=O)Nc2c(C3CCCCC3)ccnc2C2CCC(F)(F)CC2)cn1. The van der Waals surface area contributed by atoms with E-state index in [1.807, 2.05) is 19.9 Å². The Morgan fingerprint density at radius 2 is 1.66 bits per heavy atom. The van der Waals surface area contributed by atoms with Crippen molar-refractivity contribution < 1.29 is 13.6 Å². The zero-order chi connectivity index (χ0) is 22.7. The standard InChI is InChI=1S/C25H32F2N4O/c1-16(2)23-29-14-19(15-30-23)24(32)31-22-20(17-6-4-3-5-7-17)10-13-28-21(22)18-8-11-25(26,27)12-9-18/h10,13-18H,3-9,11-12H2,1-2H3,(H,31,32). The number of carbonyl (C=O) groups excluding carboxylic acids is 1. The van der Waals surface area contributed by atoms with Crippen molar-refractivity contribution in [2.24, 2.45) is 0 Å². The number of nitrogens with zero attached hydrogens (tertiary/aromatic N) is 3. The van der Waals surface area contributed by atoms with E-state index in [1.165, 1.54) is 6.42 Å². The third-order valence-corrected chi connectivity index (χ3v) is 6.85. The van der Waals surface area contributed by atoms with Gasteiger partial charge >= 0.3 is 0 Å². The molecule has 0 unspecified atom stereocenters. The lowest BCUT2D eigenvalue weighted by molar-refractivity contribution is -0.0384. The van der Waals surface area contributed by atoms with Crippen LogP contribution in [0.1, 0.15) is 117 Å². The maximum Gasteiger partial charge on any atom is 0.258 e. The van der Waals surface area contributed by atoms with Crippen LogP contribution in [0.4, 0.5) is 14.5 Å². The first-order valence-corrected chi connectivity index (χ1v) is 11.8. The number of anilines is 1. The van der Waals surface area contributed by atoms with Crippen molar-refractivity contribution in [1.29, 1.82) is 0 Å². The van der Waals surface area contributed by atoms with Gasteiger partial charge in [-0.15, -0.1) is 0 Å². The predicted molar refractivity (Wildman–Crippen MR) is 120 cm³/mol. The van der Waals surface area contributed by atoms with Crippen LogP contribution >= 0.6 is 0 Å². The molecule has 0 saturated heterocycles. The van der Waals surface area contributed by atoms with Crippen molar-refractivity contribution in [3.05, 3.63) is 47.3 Å². The molecule has 7 heteroatoms. The normalized spacial score (nSPS) is 19.8. The van der Waals surface area contributed by atoms with Crippen LogP contribution in [0.2, 0.25) is 0 Å². The van der Waals surface area contributed by atoms with Crippen LogP contribution in [0.3, 0.4) is 0 Å². The van der Waals surface area contributed by atoms with Crippen molar-refractivity contribution in [3.8, 4) is 0 Å². The molecular formula is C25H32F2N4O. The molecule has 2 aliphatic rings. The van der Waals surface area contributed by atoms with Gasteiger partial charge in [0.05, 0.1) is 16.9 Å². The van der Waals surface area contributed by atoms with E-state index in [-0.39, 0.29) is 30.6 Å². The highest BCUT2D eigenvalue weighted by atomic mass is 19.3. The molecule has 32 heavy (non-hydrogen) atoms. The summed E-state index contributed by atoms with van der Waals surface area (Å²) in [5, 5.41) is 3.09. The Morgan fingerprint density at radius 1 is 1.00 bits per heavy atom. The van der Waals surface area contributed by atoms with E-state index >= 15 is 0 Å². The van der Waals surface area contributed by atoms with Gasteiger partial charge in [-0.2, -0.15) is 0 Å². The van der Waals surface area contributed by atoms with Crippen LogP contribution in [-0.4, -0.2) is 26.8 Å².